The highest BCUT2D eigenvalue weighted by Gasteiger charge is 2.18. The van der Waals surface area contributed by atoms with Gasteiger partial charge in [0.15, 0.2) is 18.1 Å². The van der Waals surface area contributed by atoms with E-state index in [9.17, 15) is 0 Å². The summed E-state index contributed by atoms with van der Waals surface area (Å²) < 4.78 is 17.3. The van der Waals surface area contributed by atoms with Gasteiger partial charge in [-0.15, -0.1) is 0 Å². The number of thiol groups is 1. The van der Waals surface area contributed by atoms with Crippen molar-refractivity contribution in [3.63, 3.8) is 0 Å². The molecule has 0 heterocycles. The van der Waals surface area contributed by atoms with Crippen LogP contribution < -0.4 is 0 Å². The lowest BCUT2D eigenvalue weighted by Gasteiger charge is -2.20. The van der Waals surface area contributed by atoms with Gasteiger partial charge in [0.2, 0.25) is 0 Å². The Kier molecular flexibility index (Phi) is 10.7. The van der Waals surface area contributed by atoms with Crippen molar-refractivity contribution in [2.45, 2.75) is 39.0 Å². The van der Waals surface area contributed by atoms with Crippen molar-refractivity contribution in [1.29, 1.82) is 0 Å². The van der Waals surface area contributed by atoms with Crippen molar-refractivity contribution >= 4 is 40.2 Å². The molecule has 7 heteroatoms. The quantitative estimate of drug-likeness (QED) is 0.394. The molecule has 0 aliphatic heterocycles. The summed E-state index contributed by atoms with van der Waals surface area (Å²) in [6.45, 7) is 9.38. The molecular weight excluding hydrogens is 260 g/mol. The summed E-state index contributed by atoms with van der Waals surface area (Å²) in [5.41, 5.74) is 0. The van der Waals surface area contributed by atoms with Gasteiger partial charge in [0.1, 0.15) is 0 Å². The third-order valence-corrected chi connectivity index (χ3v) is 8.53. The maximum atomic E-state index is 5.79. The zero-order valence-corrected chi connectivity index (χ0v) is 14.6. The number of hydrogen-bond acceptors (Lipinski definition) is 4. The Morgan fingerprint density at radius 3 is 1.87 bits per heavy atom. The van der Waals surface area contributed by atoms with Crippen molar-refractivity contribution in [3.05, 3.63) is 0 Å². The van der Waals surface area contributed by atoms with Gasteiger partial charge in [-0.05, 0) is 44.8 Å². The Labute approximate surface area is 104 Å². The molecule has 0 saturated carbocycles. The van der Waals surface area contributed by atoms with Crippen LogP contribution in [0.3, 0.4) is 0 Å². The minimum Gasteiger partial charge on any atom is -0.421 e. The van der Waals surface area contributed by atoms with Gasteiger partial charge in [-0.1, -0.05) is 0 Å². The van der Waals surface area contributed by atoms with E-state index >= 15 is 0 Å². The topological polar surface area (TPSA) is 27.7 Å². The van der Waals surface area contributed by atoms with Crippen LogP contribution in [0.25, 0.3) is 0 Å². The lowest BCUT2D eigenvalue weighted by molar-refractivity contribution is 0.200. The smallest absolute Gasteiger partial charge is 0.421 e. The molecule has 0 aromatic rings. The summed E-state index contributed by atoms with van der Waals surface area (Å²) in [5.74, 6) is 0.926. The maximum absolute atomic E-state index is 5.79. The largest absolute Gasteiger partial charge is 0.462 e. The van der Waals surface area contributed by atoms with Gasteiger partial charge in [-0.2, -0.15) is 12.6 Å². The van der Waals surface area contributed by atoms with E-state index in [1.165, 1.54) is 0 Å². The first-order chi connectivity index (χ1) is 7.06. The van der Waals surface area contributed by atoms with E-state index in [2.05, 4.69) is 38.8 Å². The summed E-state index contributed by atoms with van der Waals surface area (Å²) >= 11 is 4.16. The van der Waals surface area contributed by atoms with E-state index in [4.69, 9.17) is 12.7 Å². The fourth-order valence-electron chi connectivity index (χ4n) is 0.949. The zero-order valence-electron chi connectivity index (χ0n) is 10.2. The number of unbranched alkanes of at least 4 members (excludes halogenated alkanes) is 1. The molecule has 0 amide bonds. The van der Waals surface area contributed by atoms with Gasteiger partial charge >= 0.3 is 9.53 Å². The van der Waals surface area contributed by atoms with Crippen LogP contribution in [0.1, 0.15) is 12.8 Å². The second kappa shape index (κ2) is 10.1. The van der Waals surface area contributed by atoms with Crippen LogP contribution >= 0.6 is 12.6 Å². The first-order valence-electron chi connectivity index (χ1n) is 5.59. The van der Waals surface area contributed by atoms with E-state index in [0.29, 0.717) is 0 Å². The second-order valence-corrected chi connectivity index (χ2v) is 11.7. The van der Waals surface area contributed by atoms with Gasteiger partial charge in [0.25, 0.3) is 0 Å². The predicted molar refractivity (Wildman–Crippen MR) is 76.1 cm³/mol. The molecular formula is C8H24O3SSi3. The Balaban J connectivity index is 3.69. The molecule has 0 atom stereocenters. The molecule has 0 fully saturated rings. The van der Waals surface area contributed by atoms with Crippen LogP contribution in [-0.4, -0.2) is 40.0 Å². The van der Waals surface area contributed by atoms with Crippen molar-refractivity contribution in [2.75, 3.05) is 12.4 Å². The average molecular weight is 285 g/mol. The normalized spacial score (nSPS) is 12.0. The van der Waals surface area contributed by atoms with Crippen molar-refractivity contribution in [2.24, 2.45) is 0 Å². The molecule has 0 aliphatic rings. The molecule has 92 valence electrons. The number of hydrogen-bond donors (Lipinski definition) is 1. The van der Waals surface area contributed by atoms with Crippen LogP contribution in [0.4, 0.5) is 0 Å². The van der Waals surface area contributed by atoms with Crippen molar-refractivity contribution < 1.29 is 12.7 Å². The zero-order chi connectivity index (χ0) is 11.7. The highest BCUT2D eigenvalue weighted by Crippen LogP contribution is 2.01. The van der Waals surface area contributed by atoms with E-state index in [1.807, 2.05) is 0 Å². The van der Waals surface area contributed by atoms with Gasteiger partial charge in [0.05, 0.1) is 0 Å². The molecule has 0 unspecified atom stereocenters. The molecule has 0 saturated heterocycles. The minimum atomic E-state index is -1.79. The summed E-state index contributed by atoms with van der Waals surface area (Å²) in [6.07, 6.45) is 2.15. The Hall–Kier alpha value is 0.881. The number of rotatable bonds is 9. The highest BCUT2D eigenvalue weighted by atomic mass is 32.1. The SMILES string of the molecule is C[SiH](C)O[SiH](OCCCCS)O[SiH](C)C. The van der Waals surface area contributed by atoms with Crippen LogP contribution in [-0.2, 0) is 12.7 Å². The average Bonchev–Trinajstić information content (AvgIpc) is 2.10. The highest BCUT2D eigenvalue weighted by molar-refractivity contribution is 7.80. The monoisotopic (exact) mass is 284 g/mol. The third kappa shape index (κ3) is 11.1. The van der Waals surface area contributed by atoms with E-state index in [1.54, 1.807) is 0 Å². The molecule has 0 aliphatic carbocycles. The Morgan fingerprint density at radius 2 is 1.47 bits per heavy atom. The van der Waals surface area contributed by atoms with Gasteiger partial charge in [-0.3, -0.25) is 0 Å². The Bertz CT molecular complexity index is 139. The predicted octanol–water partition coefficient (Wildman–Crippen LogP) is 1.43. The molecule has 0 spiro atoms. The fourth-order valence-corrected chi connectivity index (χ4v) is 6.55. The summed E-state index contributed by atoms with van der Waals surface area (Å²) in [7, 11) is -3.85. The third-order valence-electron chi connectivity index (χ3n) is 1.57. The lowest BCUT2D eigenvalue weighted by atomic mass is 10.4. The van der Waals surface area contributed by atoms with Gasteiger partial charge < -0.3 is 12.7 Å². The minimum absolute atomic E-state index is 0.764. The molecule has 0 rings (SSSR count). The molecule has 0 N–H and O–H groups in total. The van der Waals surface area contributed by atoms with Crippen LogP contribution in [0, 0.1) is 0 Å². The summed E-state index contributed by atoms with van der Waals surface area (Å²) in [5, 5.41) is 0. The fraction of sp³-hybridized carbons (Fsp3) is 1.00. The van der Waals surface area contributed by atoms with E-state index < -0.39 is 27.6 Å². The van der Waals surface area contributed by atoms with Crippen LogP contribution in [0.5, 0.6) is 0 Å². The van der Waals surface area contributed by atoms with Crippen LogP contribution in [0.15, 0.2) is 0 Å². The van der Waals surface area contributed by atoms with Crippen molar-refractivity contribution in [1.82, 2.24) is 0 Å². The van der Waals surface area contributed by atoms with E-state index in [0.717, 1.165) is 25.2 Å². The molecule has 0 aromatic carbocycles. The molecule has 0 bridgehead atoms. The second-order valence-electron chi connectivity index (χ2n) is 3.96. The molecule has 15 heavy (non-hydrogen) atoms. The van der Waals surface area contributed by atoms with Crippen molar-refractivity contribution in [3.8, 4) is 0 Å². The molecule has 0 radical (unpaired) electrons. The molecule has 0 aromatic heterocycles. The lowest BCUT2D eigenvalue weighted by Crippen LogP contribution is -2.35. The summed E-state index contributed by atoms with van der Waals surface area (Å²) in [4.78, 5) is 0. The first kappa shape index (κ1) is 15.9. The summed E-state index contributed by atoms with van der Waals surface area (Å²) in [6, 6.07) is 0. The standard InChI is InChI=1S/C8H24O3SSi3/c1-13(2)10-15(11-14(3)4)9-7-5-6-8-12/h12-15H,5-8H2,1-4H3. The maximum Gasteiger partial charge on any atom is 0.462 e. The molecule has 3 nitrogen and oxygen atoms in total. The van der Waals surface area contributed by atoms with Gasteiger partial charge in [-0.25, -0.2) is 0 Å². The Morgan fingerprint density at radius 1 is 0.933 bits per heavy atom. The van der Waals surface area contributed by atoms with E-state index in [-0.39, 0.29) is 0 Å². The van der Waals surface area contributed by atoms with Gasteiger partial charge in [0, 0.05) is 6.61 Å². The first-order valence-corrected chi connectivity index (χ1v) is 13.2. The van der Waals surface area contributed by atoms with Crippen LogP contribution in [0.2, 0.25) is 26.2 Å².